The van der Waals surface area contributed by atoms with Crippen molar-refractivity contribution in [2.75, 3.05) is 40.5 Å². The lowest BCUT2D eigenvalue weighted by Gasteiger charge is -2.16. The summed E-state index contributed by atoms with van der Waals surface area (Å²) in [6.45, 7) is 0.915. The van der Waals surface area contributed by atoms with E-state index in [1.807, 2.05) is 0 Å². The Bertz CT molecular complexity index is 235. The Kier molecular flexibility index (Phi) is 9.11. The molecule has 0 aliphatic heterocycles. The molecule has 0 aliphatic carbocycles. The summed E-state index contributed by atoms with van der Waals surface area (Å²) >= 11 is 0. The molecule has 0 saturated carbocycles. The summed E-state index contributed by atoms with van der Waals surface area (Å²) in [5.74, 6) is -1.66. The molecule has 0 aromatic heterocycles. The van der Waals surface area contributed by atoms with Crippen LogP contribution >= 0.6 is 0 Å². The number of ether oxygens (including phenoxy) is 2. The molecule has 0 heterocycles. The average molecular weight is 264 g/mol. The van der Waals surface area contributed by atoms with Crippen molar-refractivity contribution in [2.24, 2.45) is 0 Å². The number of amides is 2. The van der Waals surface area contributed by atoms with Gasteiger partial charge in [0.15, 0.2) is 12.2 Å². The van der Waals surface area contributed by atoms with E-state index in [-0.39, 0.29) is 26.3 Å². The third kappa shape index (κ3) is 6.50. The van der Waals surface area contributed by atoms with Gasteiger partial charge in [0.2, 0.25) is 0 Å². The maximum atomic E-state index is 11.3. The highest BCUT2D eigenvalue weighted by Gasteiger charge is 2.29. The van der Waals surface area contributed by atoms with E-state index in [0.717, 1.165) is 0 Å². The molecule has 0 fully saturated rings. The molecule has 2 atom stereocenters. The van der Waals surface area contributed by atoms with Gasteiger partial charge in [-0.1, -0.05) is 0 Å². The molecule has 0 spiro atoms. The number of hydrogen-bond donors (Lipinski definition) is 4. The van der Waals surface area contributed by atoms with Gasteiger partial charge in [0, 0.05) is 27.3 Å². The van der Waals surface area contributed by atoms with Crippen LogP contribution in [0.1, 0.15) is 0 Å². The van der Waals surface area contributed by atoms with Crippen LogP contribution in [0.2, 0.25) is 0 Å². The molecule has 0 unspecified atom stereocenters. The highest BCUT2D eigenvalue weighted by Crippen LogP contribution is 1.94. The molecule has 0 radical (unpaired) electrons. The zero-order valence-electron chi connectivity index (χ0n) is 10.5. The first-order valence-corrected chi connectivity index (χ1v) is 5.44. The van der Waals surface area contributed by atoms with Gasteiger partial charge in [0.25, 0.3) is 11.8 Å². The smallest absolute Gasteiger partial charge is 0.252 e. The molecular formula is C10H20N2O6. The van der Waals surface area contributed by atoms with Crippen LogP contribution in [-0.2, 0) is 19.1 Å². The molecule has 106 valence electrons. The van der Waals surface area contributed by atoms with Crippen molar-refractivity contribution in [3.63, 3.8) is 0 Å². The van der Waals surface area contributed by atoms with Crippen LogP contribution in [0.25, 0.3) is 0 Å². The van der Waals surface area contributed by atoms with Gasteiger partial charge in [-0.25, -0.2) is 0 Å². The van der Waals surface area contributed by atoms with Gasteiger partial charge in [0.1, 0.15) is 0 Å². The van der Waals surface area contributed by atoms with Crippen LogP contribution < -0.4 is 10.6 Å². The second kappa shape index (κ2) is 9.77. The van der Waals surface area contributed by atoms with Gasteiger partial charge in [-0.15, -0.1) is 0 Å². The predicted molar refractivity (Wildman–Crippen MR) is 61.8 cm³/mol. The number of carbonyl (C=O) groups excluding carboxylic acids is 2. The minimum Gasteiger partial charge on any atom is -0.383 e. The van der Waals surface area contributed by atoms with Crippen LogP contribution in [-0.4, -0.2) is 74.8 Å². The van der Waals surface area contributed by atoms with Crippen molar-refractivity contribution in [1.82, 2.24) is 10.6 Å². The highest BCUT2D eigenvalue weighted by atomic mass is 16.5. The van der Waals surface area contributed by atoms with E-state index in [1.165, 1.54) is 14.2 Å². The summed E-state index contributed by atoms with van der Waals surface area (Å²) in [6, 6.07) is 0. The fourth-order valence-electron chi connectivity index (χ4n) is 1.05. The van der Waals surface area contributed by atoms with E-state index < -0.39 is 24.0 Å². The predicted octanol–water partition coefficient (Wildman–Crippen LogP) is -2.77. The Hall–Kier alpha value is -1.22. The van der Waals surface area contributed by atoms with Crippen molar-refractivity contribution in [1.29, 1.82) is 0 Å². The summed E-state index contributed by atoms with van der Waals surface area (Å²) in [5.41, 5.74) is 0. The standard InChI is InChI=1S/C10H20N2O6/c1-17-5-3-11-9(15)7(13)8(14)10(16)12-4-6-18-2/h7-8,13-14H,3-6H2,1-2H3,(H,11,15)(H,12,16)/t7-,8-/m1/s1. The molecule has 8 heteroatoms. The molecule has 4 N–H and O–H groups in total. The zero-order valence-corrected chi connectivity index (χ0v) is 10.5. The molecule has 2 amide bonds. The molecule has 0 aromatic carbocycles. The third-order valence-electron chi connectivity index (χ3n) is 2.05. The van der Waals surface area contributed by atoms with Crippen LogP contribution in [0.4, 0.5) is 0 Å². The molecule has 18 heavy (non-hydrogen) atoms. The Morgan fingerprint density at radius 3 is 1.56 bits per heavy atom. The quantitative estimate of drug-likeness (QED) is 0.335. The van der Waals surface area contributed by atoms with Crippen LogP contribution in [0.15, 0.2) is 0 Å². The first-order chi connectivity index (χ1) is 8.54. The maximum absolute atomic E-state index is 11.3. The largest absolute Gasteiger partial charge is 0.383 e. The molecule has 0 rings (SSSR count). The molecule has 8 nitrogen and oxygen atoms in total. The van der Waals surface area contributed by atoms with E-state index in [2.05, 4.69) is 10.6 Å². The maximum Gasteiger partial charge on any atom is 0.252 e. The number of hydrogen-bond acceptors (Lipinski definition) is 6. The summed E-state index contributed by atoms with van der Waals surface area (Å²) in [5, 5.41) is 23.5. The van der Waals surface area contributed by atoms with Gasteiger partial charge in [-0.2, -0.15) is 0 Å². The van der Waals surface area contributed by atoms with Crippen molar-refractivity contribution < 1.29 is 29.3 Å². The van der Waals surface area contributed by atoms with Crippen molar-refractivity contribution in [3.05, 3.63) is 0 Å². The Morgan fingerprint density at radius 1 is 0.944 bits per heavy atom. The summed E-state index contributed by atoms with van der Waals surface area (Å²) in [7, 11) is 2.92. The van der Waals surface area contributed by atoms with Gasteiger partial charge in [0.05, 0.1) is 13.2 Å². The number of carbonyl (C=O) groups is 2. The monoisotopic (exact) mass is 264 g/mol. The Balaban J connectivity index is 4.02. The van der Waals surface area contributed by atoms with E-state index in [4.69, 9.17) is 9.47 Å². The first-order valence-electron chi connectivity index (χ1n) is 5.44. The van der Waals surface area contributed by atoms with Crippen LogP contribution in [0.3, 0.4) is 0 Å². The van der Waals surface area contributed by atoms with Gasteiger partial charge < -0.3 is 30.3 Å². The van der Waals surface area contributed by atoms with Crippen molar-refractivity contribution in [3.8, 4) is 0 Å². The number of aliphatic hydroxyl groups is 2. The Morgan fingerprint density at radius 2 is 1.28 bits per heavy atom. The molecule has 0 saturated heterocycles. The molecule has 0 aromatic rings. The summed E-state index contributed by atoms with van der Waals surface area (Å²) < 4.78 is 9.39. The van der Waals surface area contributed by atoms with Gasteiger partial charge in [-0.3, -0.25) is 9.59 Å². The average Bonchev–Trinajstić information content (AvgIpc) is 2.37. The fraction of sp³-hybridized carbons (Fsp3) is 0.800. The first kappa shape index (κ1) is 16.8. The van der Waals surface area contributed by atoms with Crippen LogP contribution in [0.5, 0.6) is 0 Å². The topological polar surface area (TPSA) is 117 Å². The minimum atomic E-state index is -1.82. The fourth-order valence-corrected chi connectivity index (χ4v) is 1.05. The summed E-state index contributed by atoms with van der Waals surface area (Å²) in [4.78, 5) is 22.6. The molecule has 0 bridgehead atoms. The van der Waals surface area contributed by atoms with E-state index in [0.29, 0.717) is 0 Å². The number of aliphatic hydroxyl groups excluding tert-OH is 2. The van der Waals surface area contributed by atoms with Crippen molar-refractivity contribution in [2.45, 2.75) is 12.2 Å². The molecular weight excluding hydrogens is 244 g/mol. The minimum absolute atomic E-state index is 0.185. The number of nitrogens with one attached hydrogen (secondary N) is 2. The van der Waals surface area contributed by atoms with Crippen LogP contribution in [0, 0.1) is 0 Å². The van der Waals surface area contributed by atoms with Gasteiger partial charge in [-0.05, 0) is 0 Å². The Labute approximate surface area is 105 Å². The second-order valence-corrected chi connectivity index (χ2v) is 3.46. The lowest BCUT2D eigenvalue weighted by Crippen LogP contribution is -2.50. The van der Waals surface area contributed by atoms with Crippen molar-refractivity contribution >= 4 is 11.8 Å². The third-order valence-corrected chi connectivity index (χ3v) is 2.05. The van der Waals surface area contributed by atoms with E-state index >= 15 is 0 Å². The van der Waals surface area contributed by atoms with E-state index in [1.54, 1.807) is 0 Å². The summed E-state index contributed by atoms with van der Waals surface area (Å²) in [6.07, 6.45) is -3.63. The number of rotatable bonds is 9. The normalized spacial score (nSPS) is 13.8. The second-order valence-electron chi connectivity index (χ2n) is 3.46. The molecule has 0 aliphatic rings. The SMILES string of the molecule is COCCNC(=O)[C@H](O)[C@@H](O)C(=O)NCCOC. The highest BCUT2D eigenvalue weighted by molar-refractivity contribution is 5.90. The van der Waals surface area contributed by atoms with Gasteiger partial charge >= 0.3 is 0 Å². The lowest BCUT2D eigenvalue weighted by atomic mass is 10.2. The zero-order chi connectivity index (χ0) is 14.0. The van der Waals surface area contributed by atoms with E-state index in [9.17, 15) is 19.8 Å². The lowest BCUT2D eigenvalue weighted by molar-refractivity contribution is -0.146. The number of methoxy groups -OCH3 is 2.